The number of nitrogens with one attached hydrogen (secondary N) is 1. The van der Waals surface area contributed by atoms with Crippen molar-refractivity contribution in [1.29, 1.82) is 0 Å². The van der Waals surface area contributed by atoms with E-state index in [0.717, 1.165) is 26.3 Å². The van der Waals surface area contributed by atoms with Crippen LogP contribution in [0.5, 0.6) is 0 Å². The van der Waals surface area contributed by atoms with Gasteiger partial charge in [0.05, 0.1) is 19.0 Å². The van der Waals surface area contributed by atoms with Crippen LogP contribution in [0.2, 0.25) is 0 Å². The Morgan fingerprint density at radius 1 is 1.46 bits per heavy atom. The normalized spacial score (nSPS) is 16.5. The van der Waals surface area contributed by atoms with Crippen LogP contribution in [-0.2, 0) is 14.9 Å². The SMILES string of the molecule is C1COCCN1.CCS(=O)(=O)O.[H-].[Na+]. The van der Waals surface area contributed by atoms with Gasteiger partial charge in [-0.15, -0.1) is 0 Å². The number of ether oxygens (including phenoxy) is 1. The molecule has 0 unspecified atom stereocenters. The molecule has 0 bridgehead atoms. The van der Waals surface area contributed by atoms with E-state index in [1.54, 1.807) is 0 Å². The summed E-state index contributed by atoms with van der Waals surface area (Å²) in [5, 5.41) is 3.16. The topological polar surface area (TPSA) is 75.6 Å². The summed E-state index contributed by atoms with van der Waals surface area (Å²) in [7, 11) is -3.66. The molecule has 2 N–H and O–H groups in total. The van der Waals surface area contributed by atoms with E-state index in [1.807, 2.05) is 0 Å². The summed E-state index contributed by atoms with van der Waals surface area (Å²) < 4.78 is 31.9. The minimum Gasteiger partial charge on any atom is -1.00 e. The first kappa shape index (κ1) is 16.3. The van der Waals surface area contributed by atoms with Crippen molar-refractivity contribution in [3.8, 4) is 0 Å². The van der Waals surface area contributed by atoms with Crippen LogP contribution in [0.1, 0.15) is 8.35 Å². The van der Waals surface area contributed by atoms with Gasteiger partial charge in [-0.2, -0.15) is 8.42 Å². The molecular weight excluding hydrogens is 205 g/mol. The van der Waals surface area contributed by atoms with Gasteiger partial charge >= 0.3 is 29.6 Å². The van der Waals surface area contributed by atoms with Crippen molar-refractivity contribution < 1.29 is 48.7 Å². The summed E-state index contributed by atoms with van der Waals surface area (Å²) >= 11 is 0. The zero-order valence-corrected chi connectivity index (χ0v) is 10.9. The van der Waals surface area contributed by atoms with Crippen LogP contribution in [0.4, 0.5) is 0 Å². The third-order valence-corrected chi connectivity index (χ3v) is 1.94. The van der Waals surface area contributed by atoms with Gasteiger partial charge in [0.15, 0.2) is 0 Å². The quantitative estimate of drug-likeness (QED) is 0.357. The van der Waals surface area contributed by atoms with E-state index in [4.69, 9.17) is 9.29 Å². The summed E-state index contributed by atoms with van der Waals surface area (Å²) in [6.45, 7) is 5.20. The second kappa shape index (κ2) is 9.39. The van der Waals surface area contributed by atoms with Gasteiger partial charge in [0.25, 0.3) is 10.1 Å². The molecule has 1 heterocycles. The molecular formula is C6H16NNaO4S. The van der Waals surface area contributed by atoms with Crippen LogP contribution >= 0.6 is 0 Å². The smallest absolute Gasteiger partial charge is 1.00 e. The molecule has 0 aromatic carbocycles. The Kier molecular flexibility index (Phi) is 11.7. The molecule has 0 aromatic heterocycles. The molecule has 13 heavy (non-hydrogen) atoms. The van der Waals surface area contributed by atoms with Gasteiger partial charge in [-0.3, -0.25) is 4.55 Å². The average molecular weight is 221 g/mol. The van der Waals surface area contributed by atoms with Gasteiger partial charge in [0.2, 0.25) is 0 Å². The van der Waals surface area contributed by atoms with Crippen LogP contribution < -0.4 is 34.9 Å². The second-order valence-corrected chi connectivity index (χ2v) is 3.97. The van der Waals surface area contributed by atoms with Crippen molar-refractivity contribution in [2.45, 2.75) is 6.92 Å². The third-order valence-electron chi connectivity index (χ3n) is 1.21. The van der Waals surface area contributed by atoms with E-state index in [9.17, 15) is 8.42 Å². The maximum absolute atomic E-state index is 9.56. The van der Waals surface area contributed by atoms with Crippen LogP contribution in [-0.4, -0.2) is 45.0 Å². The molecule has 0 aromatic rings. The Hall–Kier alpha value is 0.830. The van der Waals surface area contributed by atoms with Crippen molar-refractivity contribution >= 4 is 10.1 Å². The van der Waals surface area contributed by atoms with Crippen LogP contribution in [0.15, 0.2) is 0 Å². The number of hydrogen-bond donors (Lipinski definition) is 2. The second-order valence-electron chi connectivity index (χ2n) is 2.23. The molecule has 0 radical (unpaired) electrons. The fraction of sp³-hybridized carbons (Fsp3) is 1.00. The number of morpholine rings is 1. The van der Waals surface area contributed by atoms with Crippen LogP contribution in [0, 0.1) is 0 Å². The Balaban J connectivity index is -0.000000151. The maximum Gasteiger partial charge on any atom is 1.00 e. The van der Waals surface area contributed by atoms with Crippen LogP contribution in [0.25, 0.3) is 0 Å². The van der Waals surface area contributed by atoms with Gasteiger partial charge in [-0.1, -0.05) is 0 Å². The standard InChI is InChI=1S/C4H9NO.C2H6O3S.Na.H/c1-3-6-4-2-5-1;1-2-6(3,4)5;;/h5H,1-4H2;2H2,1H3,(H,3,4,5);;/q;;+1;-1. The Morgan fingerprint density at radius 3 is 1.92 bits per heavy atom. The maximum atomic E-state index is 9.56. The summed E-state index contributed by atoms with van der Waals surface area (Å²) in [5.41, 5.74) is 0. The fourth-order valence-electron chi connectivity index (χ4n) is 0.516. The van der Waals surface area contributed by atoms with Gasteiger partial charge in [0, 0.05) is 13.1 Å². The fourth-order valence-corrected chi connectivity index (χ4v) is 0.516. The van der Waals surface area contributed by atoms with Crippen molar-refractivity contribution in [3.63, 3.8) is 0 Å². The molecule has 0 spiro atoms. The van der Waals surface area contributed by atoms with E-state index in [-0.39, 0.29) is 36.7 Å². The van der Waals surface area contributed by atoms with Crippen molar-refractivity contribution in [1.82, 2.24) is 5.32 Å². The largest absolute Gasteiger partial charge is 1.00 e. The summed E-state index contributed by atoms with van der Waals surface area (Å²) in [5.74, 6) is -0.201. The molecule has 76 valence electrons. The Labute approximate surface area is 103 Å². The molecule has 7 heteroatoms. The minimum atomic E-state index is -3.66. The molecule has 1 aliphatic heterocycles. The summed E-state index contributed by atoms with van der Waals surface area (Å²) in [4.78, 5) is 0. The molecule has 0 amide bonds. The van der Waals surface area contributed by atoms with Gasteiger partial charge < -0.3 is 11.5 Å². The molecule has 1 rings (SSSR count). The van der Waals surface area contributed by atoms with E-state index >= 15 is 0 Å². The molecule has 0 aliphatic carbocycles. The Bertz CT molecular complexity index is 184. The summed E-state index contributed by atoms with van der Waals surface area (Å²) in [6.07, 6.45) is 0. The minimum absolute atomic E-state index is 0. The first-order valence-corrected chi connectivity index (χ1v) is 5.41. The molecule has 1 saturated heterocycles. The number of rotatable bonds is 1. The number of hydrogen-bond acceptors (Lipinski definition) is 4. The monoisotopic (exact) mass is 221 g/mol. The zero-order chi connectivity index (χ0) is 9.45. The van der Waals surface area contributed by atoms with E-state index in [0.29, 0.717) is 0 Å². The van der Waals surface area contributed by atoms with Gasteiger partial charge in [-0.25, -0.2) is 0 Å². The van der Waals surface area contributed by atoms with Crippen molar-refractivity contribution in [2.75, 3.05) is 32.1 Å². The molecule has 5 nitrogen and oxygen atoms in total. The zero-order valence-electron chi connectivity index (χ0n) is 9.12. The average Bonchev–Trinajstić information content (AvgIpc) is 2.07. The van der Waals surface area contributed by atoms with Crippen LogP contribution in [0.3, 0.4) is 0 Å². The molecule has 1 aliphatic rings. The molecule has 1 fully saturated rings. The van der Waals surface area contributed by atoms with Gasteiger partial charge in [-0.05, 0) is 6.92 Å². The third kappa shape index (κ3) is 15.6. The first-order valence-electron chi connectivity index (χ1n) is 3.80. The van der Waals surface area contributed by atoms with E-state index in [1.165, 1.54) is 6.92 Å². The van der Waals surface area contributed by atoms with E-state index < -0.39 is 10.1 Å². The van der Waals surface area contributed by atoms with Gasteiger partial charge in [0.1, 0.15) is 0 Å². The predicted octanol–water partition coefficient (Wildman–Crippen LogP) is -3.38. The molecule has 0 atom stereocenters. The predicted molar refractivity (Wildman–Crippen MR) is 46.9 cm³/mol. The Morgan fingerprint density at radius 2 is 1.85 bits per heavy atom. The molecule has 0 saturated carbocycles. The first-order chi connectivity index (χ1) is 5.56. The van der Waals surface area contributed by atoms with Crippen molar-refractivity contribution in [3.05, 3.63) is 0 Å². The van der Waals surface area contributed by atoms with Crippen molar-refractivity contribution in [2.24, 2.45) is 0 Å². The summed E-state index contributed by atoms with van der Waals surface area (Å²) in [6, 6.07) is 0. The van der Waals surface area contributed by atoms with E-state index in [2.05, 4.69) is 5.32 Å².